The third kappa shape index (κ3) is 3.99. The van der Waals surface area contributed by atoms with E-state index in [4.69, 9.17) is 0 Å². The number of hydrogen-bond acceptors (Lipinski definition) is 1. The Bertz CT molecular complexity index is 1160. The molecule has 0 saturated carbocycles. The van der Waals surface area contributed by atoms with Crippen molar-refractivity contribution in [3.05, 3.63) is 120 Å². The summed E-state index contributed by atoms with van der Waals surface area (Å²) in [4.78, 5) is 14.7. The van der Waals surface area contributed by atoms with Crippen LogP contribution in [0.3, 0.4) is 0 Å². The van der Waals surface area contributed by atoms with E-state index in [-0.39, 0.29) is 11.8 Å². The number of fused-ring (bicyclic) bond motifs is 1. The summed E-state index contributed by atoms with van der Waals surface area (Å²) < 4.78 is 0.782. The number of carbonyl (C=O) groups is 1. The van der Waals surface area contributed by atoms with Crippen molar-refractivity contribution in [1.82, 2.24) is 0 Å². The summed E-state index contributed by atoms with van der Waals surface area (Å²) in [7, 11) is 6.61. The first-order valence-corrected chi connectivity index (χ1v) is 11.3. The van der Waals surface area contributed by atoms with Gasteiger partial charge in [0.25, 0.3) is 0 Å². The van der Waals surface area contributed by atoms with E-state index in [2.05, 4.69) is 70.5 Å². The van der Waals surface area contributed by atoms with Gasteiger partial charge in [-0.05, 0) is 28.8 Å². The maximum absolute atomic E-state index is 14.7. The number of quaternary nitrogens is 1. The van der Waals surface area contributed by atoms with Crippen LogP contribution in [-0.2, 0) is 5.41 Å². The minimum atomic E-state index is -0.780. The highest BCUT2D eigenvalue weighted by Gasteiger charge is 2.46. The van der Waals surface area contributed by atoms with Crippen molar-refractivity contribution in [2.75, 3.05) is 21.1 Å². The second kappa shape index (κ2) is 8.72. The lowest BCUT2D eigenvalue weighted by Gasteiger charge is -2.40. The molecule has 1 atom stereocenters. The van der Waals surface area contributed by atoms with Gasteiger partial charge >= 0.3 is 0 Å². The van der Waals surface area contributed by atoms with Crippen LogP contribution < -0.4 is 0 Å². The first-order chi connectivity index (χ1) is 15.3. The molecule has 0 aromatic heterocycles. The Morgan fingerprint density at radius 2 is 1.22 bits per heavy atom. The van der Waals surface area contributed by atoms with Crippen LogP contribution in [0.2, 0.25) is 0 Å². The lowest BCUT2D eigenvalue weighted by molar-refractivity contribution is -0.894. The maximum atomic E-state index is 14.7. The van der Waals surface area contributed by atoms with E-state index >= 15 is 0 Å². The molecule has 0 bridgehead atoms. The Hall–Kier alpha value is -3.23. The van der Waals surface area contributed by atoms with Crippen molar-refractivity contribution in [1.29, 1.82) is 0 Å². The monoisotopic (exact) mass is 422 g/mol. The molecule has 0 aliphatic carbocycles. The summed E-state index contributed by atoms with van der Waals surface area (Å²) in [6, 6.07) is 35.1. The van der Waals surface area contributed by atoms with Gasteiger partial charge in [0.2, 0.25) is 0 Å². The predicted octanol–water partition coefficient (Wildman–Crippen LogP) is 6.49. The average Bonchev–Trinajstić information content (AvgIpc) is 2.82. The van der Waals surface area contributed by atoms with Gasteiger partial charge in [-0.15, -0.1) is 0 Å². The normalized spacial score (nSPS) is 13.1. The molecule has 0 spiro atoms. The molecule has 4 rings (SSSR count). The van der Waals surface area contributed by atoms with Crippen LogP contribution in [-0.4, -0.2) is 37.5 Å². The van der Waals surface area contributed by atoms with Crippen LogP contribution in [0.1, 0.15) is 34.8 Å². The SMILES string of the molecule is C[C@@H](CC(C(=O)c1cccc2ccccc12)(c1ccccc1)c1ccccc1)[N+](C)(C)C. The standard InChI is InChI=1S/C30H32NO/c1-23(31(2,3)4)22-30(25-16-7-5-8-17-25,26-18-9-6-10-19-26)29(32)28-21-13-15-24-14-11-12-20-27(24)28/h5-21,23H,22H2,1-4H3/q+1/t23-/m0/s1. The quantitative estimate of drug-likeness (QED) is 0.246. The van der Waals surface area contributed by atoms with E-state index < -0.39 is 5.41 Å². The van der Waals surface area contributed by atoms with Gasteiger partial charge in [-0.1, -0.05) is 103 Å². The first-order valence-electron chi connectivity index (χ1n) is 11.3. The molecular formula is C30H32NO+. The van der Waals surface area contributed by atoms with Crippen molar-refractivity contribution in [2.45, 2.75) is 24.8 Å². The van der Waals surface area contributed by atoms with Gasteiger partial charge in [-0.3, -0.25) is 4.79 Å². The number of rotatable bonds is 7. The predicted molar refractivity (Wildman–Crippen MR) is 134 cm³/mol. The van der Waals surface area contributed by atoms with E-state index in [0.29, 0.717) is 6.42 Å². The number of benzene rings is 4. The molecule has 162 valence electrons. The summed E-state index contributed by atoms with van der Waals surface area (Å²) in [5, 5.41) is 2.10. The molecule has 0 heterocycles. The molecule has 0 unspecified atom stereocenters. The third-order valence-corrected chi connectivity index (χ3v) is 6.88. The van der Waals surface area contributed by atoms with Crippen LogP contribution in [0.15, 0.2) is 103 Å². The zero-order valence-corrected chi connectivity index (χ0v) is 19.5. The minimum absolute atomic E-state index is 0.159. The van der Waals surface area contributed by atoms with Gasteiger partial charge in [0.15, 0.2) is 5.78 Å². The van der Waals surface area contributed by atoms with Crippen LogP contribution in [0, 0.1) is 0 Å². The molecule has 32 heavy (non-hydrogen) atoms. The molecule has 0 N–H and O–H groups in total. The summed E-state index contributed by atoms with van der Waals surface area (Å²) in [5.74, 6) is 0.159. The van der Waals surface area contributed by atoms with Crippen LogP contribution in [0.5, 0.6) is 0 Å². The molecule has 0 fully saturated rings. The number of hydrogen-bond donors (Lipinski definition) is 0. The molecular weight excluding hydrogens is 390 g/mol. The number of carbonyl (C=O) groups excluding carboxylic acids is 1. The number of nitrogens with zero attached hydrogens (tertiary/aromatic N) is 1. The van der Waals surface area contributed by atoms with E-state index in [9.17, 15) is 4.79 Å². The van der Waals surface area contributed by atoms with Gasteiger partial charge < -0.3 is 4.48 Å². The van der Waals surface area contributed by atoms with Crippen molar-refractivity contribution < 1.29 is 9.28 Å². The summed E-state index contributed by atoms with van der Waals surface area (Å²) >= 11 is 0. The zero-order chi connectivity index (χ0) is 22.8. The van der Waals surface area contributed by atoms with E-state index in [1.165, 1.54) is 0 Å². The van der Waals surface area contributed by atoms with Gasteiger partial charge in [0.1, 0.15) is 0 Å². The third-order valence-electron chi connectivity index (χ3n) is 6.88. The summed E-state index contributed by atoms with van der Waals surface area (Å²) in [6.07, 6.45) is 0.715. The average molecular weight is 423 g/mol. The fourth-order valence-electron chi connectivity index (χ4n) is 4.57. The lowest BCUT2D eigenvalue weighted by Crippen LogP contribution is -2.50. The number of ketones is 1. The summed E-state index contributed by atoms with van der Waals surface area (Å²) in [5.41, 5.74) is 2.09. The molecule has 0 saturated heterocycles. The Morgan fingerprint density at radius 3 is 1.78 bits per heavy atom. The van der Waals surface area contributed by atoms with Crippen molar-refractivity contribution in [2.24, 2.45) is 0 Å². The van der Waals surface area contributed by atoms with Crippen molar-refractivity contribution in [3.63, 3.8) is 0 Å². The topological polar surface area (TPSA) is 17.1 Å². The van der Waals surface area contributed by atoms with E-state index in [1.807, 2.05) is 60.7 Å². The Kier molecular flexibility index (Phi) is 5.99. The molecule has 0 radical (unpaired) electrons. The van der Waals surface area contributed by atoms with Crippen molar-refractivity contribution >= 4 is 16.6 Å². The van der Waals surface area contributed by atoms with Crippen LogP contribution >= 0.6 is 0 Å². The molecule has 2 nitrogen and oxygen atoms in total. The molecule has 0 aliphatic heterocycles. The number of Topliss-reactive ketones (excluding diaryl/α,β-unsaturated/α-hetero) is 1. The smallest absolute Gasteiger partial charge is 0.178 e. The largest absolute Gasteiger partial charge is 0.329 e. The van der Waals surface area contributed by atoms with Crippen LogP contribution in [0.4, 0.5) is 0 Å². The Labute approximate surface area is 191 Å². The van der Waals surface area contributed by atoms with E-state index in [0.717, 1.165) is 31.9 Å². The molecule has 4 aromatic rings. The highest BCUT2D eigenvalue weighted by atomic mass is 16.1. The Balaban J connectivity index is 2.02. The van der Waals surface area contributed by atoms with Gasteiger partial charge in [-0.2, -0.15) is 0 Å². The lowest BCUT2D eigenvalue weighted by atomic mass is 9.65. The van der Waals surface area contributed by atoms with Gasteiger partial charge in [0, 0.05) is 12.0 Å². The van der Waals surface area contributed by atoms with Gasteiger partial charge in [-0.25, -0.2) is 0 Å². The second-order valence-corrected chi connectivity index (χ2v) is 9.66. The zero-order valence-electron chi connectivity index (χ0n) is 19.5. The minimum Gasteiger partial charge on any atom is -0.329 e. The first kappa shape index (κ1) is 22.0. The molecule has 0 amide bonds. The molecule has 4 aromatic carbocycles. The van der Waals surface area contributed by atoms with Crippen molar-refractivity contribution in [3.8, 4) is 0 Å². The van der Waals surface area contributed by atoms with E-state index in [1.54, 1.807) is 0 Å². The van der Waals surface area contributed by atoms with Gasteiger partial charge in [0.05, 0.1) is 32.6 Å². The highest BCUT2D eigenvalue weighted by molar-refractivity contribution is 6.14. The van der Waals surface area contributed by atoms with Crippen LogP contribution in [0.25, 0.3) is 10.8 Å². The maximum Gasteiger partial charge on any atom is 0.178 e. The fourth-order valence-corrected chi connectivity index (χ4v) is 4.57. The summed E-state index contributed by atoms with van der Waals surface area (Å²) in [6.45, 7) is 2.25. The second-order valence-electron chi connectivity index (χ2n) is 9.66. The fraction of sp³-hybridized carbons (Fsp3) is 0.233. The highest BCUT2D eigenvalue weighted by Crippen LogP contribution is 2.42. The Morgan fingerprint density at radius 1 is 0.719 bits per heavy atom. The molecule has 2 heteroatoms. The molecule has 0 aliphatic rings.